The Bertz CT molecular complexity index is 1130. The molecule has 0 saturated carbocycles. The van der Waals surface area contributed by atoms with E-state index in [9.17, 15) is 4.39 Å². The van der Waals surface area contributed by atoms with Crippen molar-refractivity contribution in [2.75, 3.05) is 27.7 Å². The molecule has 8 nitrogen and oxygen atoms in total. The fourth-order valence-corrected chi connectivity index (χ4v) is 3.27. The van der Waals surface area contributed by atoms with Crippen molar-refractivity contribution in [1.82, 2.24) is 24.5 Å². The van der Waals surface area contributed by atoms with Crippen molar-refractivity contribution in [2.45, 2.75) is 26.8 Å². The molecule has 0 spiro atoms. The van der Waals surface area contributed by atoms with E-state index in [1.165, 1.54) is 12.1 Å². The number of allylic oxidation sites excluding steroid dienone is 1. The number of fused-ring (bicyclic) bond motifs is 1. The highest BCUT2D eigenvalue weighted by Gasteiger charge is 2.14. The lowest BCUT2D eigenvalue weighted by Crippen LogP contribution is -2.13. The monoisotopic (exact) mass is 425 g/mol. The molecule has 1 aromatic carbocycles. The summed E-state index contributed by atoms with van der Waals surface area (Å²) in [5.74, 6) is 0.819. The number of benzene rings is 1. The Morgan fingerprint density at radius 3 is 2.71 bits per heavy atom. The zero-order chi connectivity index (χ0) is 22.5. The third kappa shape index (κ3) is 5.24. The van der Waals surface area contributed by atoms with Crippen molar-refractivity contribution in [2.24, 2.45) is 10.7 Å². The van der Waals surface area contributed by atoms with Gasteiger partial charge in [0, 0.05) is 42.7 Å². The SMILES string of the molecule is CN=C(C)/C(CCOc1cc(F)ccc1-c1cn2c(CN(C)C)nnc2cn1)=C(/C)N. The summed E-state index contributed by atoms with van der Waals surface area (Å²) in [5, 5.41) is 8.39. The molecule has 0 amide bonds. The number of aromatic nitrogens is 4. The van der Waals surface area contributed by atoms with E-state index >= 15 is 0 Å². The molecule has 2 N–H and O–H groups in total. The molecule has 0 fully saturated rings. The Morgan fingerprint density at radius 1 is 1.26 bits per heavy atom. The third-order valence-electron chi connectivity index (χ3n) is 4.90. The molecule has 164 valence electrons. The van der Waals surface area contributed by atoms with Gasteiger partial charge < -0.3 is 15.4 Å². The van der Waals surface area contributed by atoms with Crippen molar-refractivity contribution in [3.63, 3.8) is 0 Å². The number of ether oxygens (including phenoxy) is 1. The normalized spacial score (nSPS) is 13.1. The molecular formula is C22H28FN7O. The summed E-state index contributed by atoms with van der Waals surface area (Å²) in [6, 6.07) is 4.43. The van der Waals surface area contributed by atoms with Crippen LogP contribution in [0.4, 0.5) is 4.39 Å². The molecule has 3 aromatic rings. The minimum atomic E-state index is -0.380. The van der Waals surface area contributed by atoms with E-state index in [1.807, 2.05) is 43.4 Å². The predicted octanol–water partition coefficient (Wildman–Crippen LogP) is 3.08. The number of rotatable bonds is 8. The lowest BCUT2D eigenvalue weighted by atomic mass is 10.1. The highest BCUT2D eigenvalue weighted by atomic mass is 19.1. The fourth-order valence-electron chi connectivity index (χ4n) is 3.27. The third-order valence-corrected chi connectivity index (χ3v) is 4.90. The van der Waals surface area contributed by atoms with Crippen LogP contribution in [0.5, 0.6) is 5.75 Å². The quantitative estimate of drug-likeness (QED) is 0.558. The maximum absolute atomic E-state index is 14.0. The number of aliphatic imine (C=N–C) groups is 1. The average Bonchev–Trinajstić information content (AvgIpc) is 3.12. The molecule has 0 bridgehead atoms. The Morgan fingerprint density at radius 2 is 2.03 bits per heavy atom. The molecule has 2 aromatic heterocycles. The first-order chi connectivity index (χ1) is 14.8. The van der Waals surface area contributed by atoms with Crippen molar-refractivity contribution in [1.29, 1.82) is 0 Å². The van der Waals surface area contributed by atoms with Gasteiger partial charge in [-0.2, -0.15) is 0 Å². The van der Waals surface area contributed by atoms with Crippen molar-refractivity contribution in [3.8, 4) is 17.0 Å². The second kappa shape index (κ2) is 9.65. The van der Waals surface area contributed by atoms with E-state index in [4.69, 9.17) is 10.5 Å². The number of nitrogens with zero attached hydrogens (tertiary/aromatic N) is 6. The Kier molecular flexibility index (Phi) is 6.96. The molecule has 9 heteroatoms. The summed E-state index contributed by atoms with van der Waals surface area (Å²) in [7, 11) is 5.65. The largest absolute Gasteiger partial charge is 0.492 e. The summed E-state index contributed by atoms with van der Waals surface area (Å²) in [6.45, 7) is 4.70. The summed E-state index contributed by atoms with van der Waals surface area (Å²) in [6.07, 6.45) is 4.05. The maximum atomic E-state index is 14.0. The molecule has 0 atom stereocenters. The van der Waals surface area contributed by atoms with Crippen molar-refractivity contribution >= 4 is 11.4 Å². The van der Waals surface area contributed by atoms with Gasteiger partial charge in [0.25, 0.3) is 0 Å². The Labute approximate surface area is 181 Å². The zero-order valence-electron chi connectivity index (χ0n) is 18.6. The lowest BCUT2D eigenvalue weighted by molar-refractivity contribution is 0.322. The van der Waals surface area contributed by atoms with E-state index in [1.54, 1.807) is 19.3 Å². The first kappa shape index (κ1) is 22.4. The van der Waals surface area contributed by atoms with Gasteiger partial charge in [-0.05, 0) is 45.6 Å². The summed E-state index contributed by atoms with van der Waals surface area (Å²) >= 11 is 0. The molecule has 0 saturated heterocycles. The number of nitrogens with two attached hydrogens (primary N) is 1. The van der Waals surface area contributed by atoms with Gasteiger partial charge in [0.05, 0.1) is 25.0 Å². The van der Waals surface area contributed by atoms with Crippen molar-refractivity contribution < 1.29 is 9.13 Å². The molecule has 0 unspecified atom stereocenters. The number of hydrogen-bond donors (Lipinski definition) is 1. The van der Waals surface area contributed by atoms with Crippen LogP contribution in [0.25, 0.3) is 16.9 Å². The first-order valence-corrected chi connectivity index (χ1v) is 9.96. The fraction of sp³-hybridized carbons (Fsp3) is 0.364. The number of halogens is 1. The van der Waals surface area contributed by atoms with Gasteiger partial charge in [-0.25, -0.2) is 4.39 Å². The molecule has 2 heterocycles. The molecule has 3 rings (SSSR count). The standard InChI is InChI=1S/C22H28FN7O/c1-14(24)17(15(2)25-3)8-9-31-20-10-16(23)6-7-18(20)19-12-30-21(11-26-19)27-28-22(30)13-29(4)5/h6-7,10-12H,8-9,13,24H2,1-5H3/b17-14-,25-15?. The predicted molar refractivity (Wildman–Crippen MR) is 120 cm³/mol. The van der Waals surface area contributed by atoms with E-state index in [0.717, 1.165) is 17.1 Å². The Hall–Kier alpha value is -3.33. The van der Waals surface area contributed by atoms with Crippen LogP contribution in [-0.4, -0.2) is 57.9 Å². The first-order valence-electron chi connectivity index (χ1n) is 9.96. The topological polar surface area (TPSA) is 93.9 Å². The van der Waals surface area contributed by atoms with Crippen LogP contribution in [0.3, 0.4) is 0 Å². The van der Waals surface area contributed by atoms with E-state index in [0.29, 0.717) is 47.9 Å². The van der Waals surface area contributed by atoms with Crippen molar-refractivity contribution in [3.05, 3.63) is 53.5 Å². The minimum Gasteiger partial charge on any atom is -0.492 e. The summed E-state index contributed by atoms with van der Waals surface area (Å²) < 4.78 is 21.8. The highest BCUT2D eigenvalue weighted by molar-refractivity contribution is 5.98. The molecule has 0 radical (unpaired) electrons. The molecular weight excluding hydrogens is 397 g/mol. The molecule has 0 aliphatic carbocycles. The van der Waals surface area contributed by atoms with Crippen LogP contribution < -0.4 is 10.5 Å². The van der Waals surface area contributed by atoms with Gasteiger partial charge in [-0.1, -0.05) is 0 Å². The lowest BCUT2D eigenvalue weighted by Gasteiger charge is -2.14. The van der Waals surface area contributed by atoms with Gasteiger partial charge in [-0.15, -0.1) is 10.2 Å². The second-order valence-corrected chi connectivity index (χ2v) is 7.56. The van der Waals surface area contributed by atoms with Gasteiger partial charge in [0.15, 0.2) is 11.5 Å². The van der Waals surface area contributed by atoms with Gasteiger partial charge in [0.2, 0.25) is 0 Å². The van der Waals surface area contributed by atoms with Crippen LogP contribution in [0, 0.1) is 5.82 Å². The highest BCUT2D eigenvalue weighted by Crippen LogP contribution is 2.30. The van der Waals surface area contributed by atoms with Crippen LogP contribution >= 0.6 is 0 Å². The summed E-state index contributed by atoms with van der Waals surface area (Å²) in [4.78, 5) is 10.7. The average molecular weight is 426 g/mol. The minimum absolute atomic E-state index is 0.327. The van der Waals surface area contributed by atoms with E-state index in [2.05, 4.69) is 20.2 Å². The smallest absolute Gasteiger partial charge is 0.179 e. The van der Waals surface area contributed by atoms with Crippen LogP contribution in [0.2, 0.25) is 0 Å². The molecule has 31 heavy (non-hydrogen) atoms. The van der Waals surface area contributed by atoms with Gasteiger partial charge in [0.1, 0.15) is 11.6 Å². The zero-order valence-corrected chi connectivity index (χ0v) is 18.6. The van der Waals surface area contributed by atoms with Gasteiger partial charge >= 0.3 is 0 Å². The Balaban J connectivity index is 1.90. The van der Waals surface area contributed by atoms with E-state index < -0.39 is 0 Å². The van der Waals surface area contributed by atoms with Crippen LogP contribution in [0.1, 0.15) is 26.1 Å². The molecule has 0 aliphatic heterocycles. The van der Waals surface area contributed by atoms with E-state index in [-0.39, 0.29) is 5.82 Å². The van der Waals surface area contributed by atoms with Gasteiger partial charge in [-0.3, -0.25) is 14.4 Å². The maximum Gasteiger partial charge on any atom is 0.179 e. The molecule has 0 aliphatic rings. The second-order valence-electron chi connectivity index (χ2n) is 7.56. The number of hydrogen-bond acceptors (Lipinski definition) is 7. The summed E-state index contributed by atoms with van der Waals surface area (Å²) in [5.41, 5.74) is 10.4. The van der Waals surface area contributed by atoms with Crippen LogP contribution in [-0.2, 0) is 6.54 Å². The van der Waals surface area contributed by atoms with Crippen LogP contribution in [0.15, 0.2) is 46.9 Å².